The monoisotopic (exact) mass is 590 g/mol. The number of hydrogen-bond donors (Lipinski definition) is 0. The molecule has 0 radical (unpaired) electrons. The van der Waals surface area contributed by atoms with Gasteiger partial charge in [-0.15, -0.1) is 0 Å². The lowest BCUT2D eigenvalue weighted by Crippen LogP contribution is -2.46. The van der Waals surface area contributed by atoms with E-state index in [0.717, 1.165) is 86.8 Å². The third-order valence-electron chi connectivity index (χ3n) is 8.59. The van der Waals surface area contributed by atoms with E-state index in [0.29, 0.717) is 25.4 Å². The summed E-state index contributed by atoms with van der Waals surface area (Å²) >= 11 is 0. The smallest absolute Gasteiger partial charge is 0.417 e. The summed E-state index contributed by atoms with van der Waals surface area (Å²) < 4.78 is 46.2. The standard InChI is InChI=1S/C34H37F3N4O2/c1-25-20-30(9-5-29(25)24-42)40-17-15-39(16-18-40)13-2-3-19-43-32-10-6-26(7-11-32)28-12-14-41(23-28)31-8-4-27(22-38)33(21-31)34(35,36)37/h4-11,20-21,24,28H,2-3,12-19,23H2,1H3/t28-/m1/s1. The van der Waals surface area contributed by atoms with Crippen molar-refractivity contribution in [3.63, 3.8) is 0 Å². The zero-order valence-corrected chi connectivity index (χ0v) is 24.4. The van der Waals surface area contributed by atoms with Gasteiger partial charge < -0.3 is 14.5 Å². The number of carbonyl (C=O) groups is 1. The van der Waals surface area contributed by atoms with Gasteiger partial charge in [-0.3, -0.25) is 9.69 Å². The number of unbranched alkanes of at least 4 members (excludes halogenated alkanes) is 1. The second-order valence-electron chi connectivity index (χ2n) is 11.4. The Hall–Kier alpha value is -4.03. The normalized spacial score (nSPS) is 17.6. The summed E-state index contributed by atoms with van der Waals surface area (Å²) in [5.74, 6) is 1.05. The van der Waals surface area contributed by atoms with Gasteiger partial charge in [-0.25, -0.2) is 0 Å². The molecule has 2 heterocycles. The Morgan fingerprint density at radius 1 is 0.930 bits per heavy atom. The highest BCUT2D eigenvalue weighted by Crippen LogP contribution is 2.37. The first kappa shape index (κ1) is 30.4. The molecule has 3 aromatic carbocycles. The van der Waals surface area contributed by atoms with Crippen molar-refractivity contribution >= 4 is 17.7 Å². The van der Waals surface area contributed by atoms with Crippen molar-refractivity contribution in [3.8, 4) is 11.8 Å². The first-order valence-corrected chi connectivity index (χ1v) is 14.9. The number of carbonyl (C=O) groups excluding carboxylic acids is 1. The summed E-state index contributed by atoms with van der Waals surface area (Å²) in [7, 11) is 0. The van der Waals surface area contributed by atoms with Crippen LogP contribution in [-0.2, 0) is 6.18 Å². The molecule has 0 amide bonds. The van der Waals surface area contributed by atoms with Crippen molar-refractivity contribution in [2.24, 2.45) is 0 Å². The zero-order valence-electron chi connectivity index (χ0n) is 24.4. The minimum atomic E-state index is -4.56. The average Bonchev–Trinajstić information content (AvgIpc) is 3.51. The molecule has 0 aliphatic carbocycles. The Balaban J connectivity index is 1.02. The fourth-order valence-corrected chi connectivity index (χ4v) is 6.01. The number of benzene rings is 3. The number of alkyl halides is 3. The minimum absolute atomic E-state index is 0.222. The van der Waals surface area contributed by atoms with E-state index < -0.39 is 11.7 Å². The first-order chi connectivity index (χ1) is 20.7. The van der Waals surface area contributed by atoms with Crippen LogP contribution in [-0.4, -0.2) is 63.6 Å². The van der Waals surface area contributed by atoms with Crippen molar-refractivity contribution in [1.29, 1.82) is 5.26 Å². The lowest BCUT2D eigenvalue weighted by Gasteiger charge is -2.36. The summed E-state index contributed by atoms with van der Waals surface area (Å²) in [6, 6.07) is 19.7. The van der Waals surface area contributed by atoms with Gasteiger partial charge in [-0.1, -0.05) is 12.1 Å². The number of aryl methyl sites for hydroxylation is 1. The van der Waals surface area contributed by atoms with Crippen LogP contribution >= 0.6 is 0 Å². The molecule has 6 nitrogen and oxygen atoms in total. The van der Waals surface area contributed by atoms with Gasteiger partial charge in [0.15, 0.2) is 0 Å². The fourth-order valence-electron chi connectivity index (χ4n) is 6.01. The molecule has 1 atom stereocenters. The van der Waals surface area contributed by atoms with Crippen molar-refractivity contribution in [2.75, 3.05) is 62.2 Å². The van der Waals surface area contributed by atoms with Crippen LogP contribution in [0.15, 0.2) is 60.7 Å². The van der Waals surface area contributed by atoms with Crippen LogP contribution in [0.4, 0.5) is 24.5 Å². The summed E-state index contributed by atoms with van der Waals surface area (Å²) in [4.78, 5) is 17.9. The Morgan fingerprint density at radius 3 is 2.33 bits per heavy atom. The van der Waals surface area contributed by atoms with E-state index >= 15 is 0 Å². The van der Waals surface area contributed by atoms with Gasteiger partial charge in [-0.05, 0) is 92.4 Å². The van der Waals surface area contributed by atoms with Gasteiger partial charge in [0, 0.05) is 62.1 Å². The molecular weight excluding hydrogens is 553 g/mol. The molecular formula is C34H37F3N4O2. The number of rotatable bonds is 10. The highest BCUT2D eigenvalue weighted by Gasteiger charge is 2.35. The van der Waals surface area contributed by atoms with Gasteiger partial charge in [0.05, 0.1) is 23.8 Å². The van der Waals surface area contributed by atoms with Crippen molar-refractivity contribution < 1.29 is 22.7 Å². The van der Waals surface area contributed by atoms with Gasteiger partial charge in [-0.2, -0.15) is 18.4 Å². The molecule has 0 bridgehead atoms. The third-order valence-corrected chi connectivity index (χ3v) is 8.59. The molecule has 2 aliphatic rings. The Bertz CT molecular complexity index is 1440. The van der Waals surface area contributed by atoms with E-state index in [1.54, 1.807) is 12.1 Å². The van der Waals surface area contributed by atoms with Crippen molar-refractivity contribution in [1.82, 2.24) is 4.90 Å². The lowest BCUT2D eigenvalue weighted by atomic mass is 9.98. The van der Waals surface area contributed by atoms with Crippen LogP contribution in [0.2, 0.25) is 0 Å². The second kappa shape index (κ2) is 13.5. The summed E-state index contributed by atoms with van der Waals surface area (Å²) in [6.45, 7) is 8.95. The van der Waals surface area contributed by atoms with Crippen molar-refractivity contribution in [2.45, 2.75) is 38.3 Å². The summed E-state index contributed by atoms with van der Waals surface area (Å²) in [6.07, 6.45) is -0.770. The molecule has 0 aromatic heterocycles. The van der Waals surface area contributed by atoms with E-state index in [9.17, 15) is 18.0 Å². The lowest BCUT2D eigenvalue weighted by molar-refractivity contribution is -0.137. The molecule has 226 valence electrons. The third kappa shape index (κ3) is 7.49. The molecule has 43 heavy (non-hydrogen) atoms. The fraction of sp³-hybridized carbons (Fsp3) is 0.412. The maximum atomic E-state index is 13.4. The first-order valence-electron chi connectivity index (χ1n) is 14.9. The minimum Gasteiger partial charge on any atom is -0.494 e. The van der Waals surface area contributed by atoms with Gasteiger partial charge in [0.1, 0.15) is 12.0 Å². The highest BCUT2D eigenvalue weighted by atomic mass is 19.4. The molecule has 0 N–H and O–H groups in total. The molecule has 2 saturated heterocycles. The number of anilines is 2. The molecule has 5 rings (SSSR count). The van der Waals surface area contributed by atoms with E-state index in [2.05, 4.69) is 28.0 Å². The molecule has 2 aliphatic heterocycles. The van der Waals surface area contributed by atoms with Crippen LogP contribution in [0.1, 0.15) is 57.8 Å². The Labute approximate surface area is 251 Å². The van der Waals surface area contributed by atoms with Crippen LogP contribution < -0.4 is 14.5 Å². The number of aldehydes is 1. The Morgan fingerprint density at radius 2 is 1.65 bits per heavy atom. The van der Waals surface area contributed by atoms with Gasteiger partial charge in [0.2, 0.25) is 0 Å². The molecule has 9 heteroatoms. The van der Waals surface area contributed by atoms with E-state index in [1.807, 2.05) is 36.1 Å². The molecule has 3 aromatic rings. The van der Waals surface area contributed by atoms with E-state index in [1.165, 1.54) is 11.8 Å². The van der Waals surface area contributed by atoms with Gasteiger partial charge >= 0.3 is 6.18 Å². The summed E-state index contributed by atoms with van der Waals surface area (Å²) in [5.41, 5.74) is 3.35. The highest BCUT2D eigenvalue weighted by molar-refractivity contribution is 5.78. The predicted octanol–water partition coefficient (Wildman–Crippen LogP) is 6.67. The van der Waals surface area contributed by atoms with Crippen LogP contribution in [0.25, 0.3) is 0 Å². The average molecular weight is 591 g/mol. The molecule has 2 fully saturated rings. The Kier molecular flexibility index (Phi) is 9.56. The van der Waals surface area contributed by atoms with Crippen LogP contribution in [0.3, 0.4) is 0 Å². The maximum absolute atomic E-state index is 13.4. The molecule has 0 saturated carbocycles. The number of ether oxygens (including phenoxy) is 1. The molecule has 0 spiro atoms. The number of halogens is 3. The largest absolute Gasteiger partial charge is 0.494 e. The number of nitriles is 1. The van der Waals surface area contributed by atoms with Gasteiger partial charge in [0.25, 0.3) is 0 Å². The second-order valence-corrected chi connectivity index (χ2v) is 11.4. The zero-order chi connectivity index (χ0) is 30.4. The summed E-state index contributed by atoms with van der Waals surface area (Å²) in [5, 5.41) is 9.06. The maximum Gasteiger partial charge on any atom is 0.417 e. The topological polar surface area (TPSA) is 59.8 Å². The van der Waals surface area contributed by atoms with Crippen molar-refractivity contribution in [3.05, 3.63) is 88.5 Å². The quantitative estimate of drug-likeness (QED) is 0.194. The van der Waals surface area contributed by atoms with E-state index in [-0.39, 0.29) is 11.5 Å². The SMILES string of the molecule is Cc1cc(N2CCN(CCCCOc3ccc([C@@H]4CCN(c5ccc(C#N)c(C(F)(F)F)c5)C4)cc3)CC2)ccc1C=O. The van der Waals surface area contributed by atoms with Crippen LogP contribution in [0.5, 0.6) is 5.75 Å². The number of hydrogen-bond acceptors (Lipinski definition) is 6. The van der Waals surface area contributed by atoms with Crippen LogP contribution in [0, 0.1) is 18.3 Å². The number of nitrogens with zero attached hydrogens (tertiary/aromatic N) is 4. The number of piperazine rings is 1. The molecule has 0 unspecified atom stereocenters. The van der Waals surface area contributed by atoms with E-state index in [4.69, 9.17) is 10.00 Å². The predicted molar refractivity (Wildman–Crippen MR) is 162 cm³/mol.